The second-order valence-corrected chi connectivity index (χ2v) is 9.11. The summed E-state index contributed by atoms with van der Waals surface area (Å²) in [6.07, 6.45) is 1.82. The van der Waals surface area contributed by atoms with Gasteiger partial charge in [0.25, 0.3) is 0 Å². The highest BCUT2D eigenvalue weighted by atomic mass is 35.5. The molecule has 2 aromatic carbocycles. The standard InChI is InChI=1S/C28H28ClN5O2/c1-5-35-27-12-25-20(11-23(27)31)28(21(13-30)17(4)33-25)34-19-7-9-26(22(29)10-19)36-15-18-6-8-24(16(2)3)32-14-18/h6-12,14,16H,5,15,31H2,1-4H3,(H,33,34). The molecule has 4 rings (SSSR count). The van der Waals surface area contributed by atoms with Crippen LogP contribution in [-0.2, 0) is 6.61 Å². The van der Waals surface area contributed by atoms with Gasteiger partial charge in [-0.1, -0.05) is 31.5 Å². The lowest BCUT2D eigenvalue weighted by Crippen LogP contribution is -2.03. The zero-order valence-corrected chi connectivity index (χ0v) is 21.5. The molecule has 2 aromatic heterocycles. The van der Waals surface area contributed by atoms with Crippen molar-refractivity contribution in [2.45, 2.75) is 40.2 Å². The van der Waals surface area contributed by atoms with Crippen LogP contribution in [0.4, 0.5) is 17.1 Å². The SMILES string of the molecule is CCOc1cc2nc(C)c(C#N)c(Nc3ccc(OCc4ccc(C(C)C)nc4)c(Cl)c3)c2cc1N. The fourth-order valence-electron chi connectivity index (χ4n) is 3.84. The molecular weight excluding hydrogens is 474 g/mol. The third kappa shape index (κ3) is 5.29. The molecule has 2 heterocycles. The second kappa shape index (κ2) is 10.7. The van der Waals surface area contributed by atoms with E-state index in [-0.39, 0.29) is 0 Å². The van der Waals surface area contributed by atoms with E-state index in [4.69, 9.17) is 26.8 Å². The van der Waals surface area contributed by atoms with Gasteiger partial charge in [0.15, 0.2) is 0 Å². The van der Waals surface area contributed by atoms with Crippen LogP contribution in [0.15, 0.2) is 48.7 Å². The Morgan fingerprint density at radius 2 is 1.92 bits per heavy atom. The maximum Gasteiger partial charge on any atom is 0.144 e. The Morgan fingerprint density at radius 3 is 2.56 bits per heavy atom. The van der Waals surface area contributed by atoms with Crippen molar-refractivity contribution in [3.05, 3.63) is 76.2 Å². The zero-order chi connectivity index (χ0) is 25.8. The fourth-order valence-corrected chi connectivity index (χ4v) is 4.08. The number of nitrogens with two attached hydrogens (primary N) is 1. The van der Waals surface area contributed by atoms with E-state index in [1.165, 1.54) is 0 Å². The number of nitrogens with one attached hydrogen (secondary N) is 1. The molecule has 3 N–H and O–H groups in total. The van der Waals surface area contributed by atoms with Crippen molar-refractivity contribution in [2.75, 3.05) is 17.7 Å². The van der Waals surface area contributed by atoms with Gasteiger partial charge in [-0.3, -0.25) is 9.97 Å². The minimum absolute atomic E-state index is 0.353. The van der Waals surface area contributed by atoms with Gasteiger partial charge in [0.05, 0.1) is 39.8 Å². The Bertz CT molecular complexity index is 1450. The predicted octanol–water partition coefficient (Wildman–Crippen LogP) is 6.89. The Kier molecular flexibility index (Phi) is 7.47. The van der Waals surface area contributed by atoms with Gasteiger partial charge in [-0.05, 0) is 50.1 Å². The first kappa shape index (κ1) is 25.1. The molecule has 0 bridgehead atoms. The second-order valence-electron chi connectivity index (χ2n) is 8.70. The number of fused-ring (bicyclic) bond motifs is 1. The maximum absolute atomic E-state index is 9.83. The predicted molar refractivity (Wildman–Crippen MR) is 144 cm³/mol. The molecule has 0 saturated carbocycles. The number of nitrogens with zero attached hydrogens (tertiary/aromatic N) is 3. The summed E-state index contributed by atoms with van der Waals surface area (Å²) in [7, 11) is 0. The molecule has 36 heavy (non-hydrogen) atoms. The maximum atomic E-state index is 9.83. The largest absolute Gasteiger partial charge is 0.492 e. The smallest absolute Gasteiger partial charge is 0.144 e. The molecule has 0 unspecified atom stereocenters. The number of aromatic nitrogens is 2. The lowest BCUT2D eigenvalue weighted by molar-refractivity contribution is 0.306. The van der Waals surface area contributed by atoms with Crippen molar-refractivity contribution in [3.63, 3.8) is 0 Å². The van der Waals surface area contributed by atoms with Gasteiger partial charge >= 0.3 is 0 Å². The number of benzene rings is 2. The molecule has 8 heteroatoms. The van der Waals surface area contributed by atoms with E-state index in [1.807, 2.05) is 31.3 Å². The Morgan fingerprint density at radius 1 is 1.11 bits per heavy atom. The molecule has 0 aliphatic heterocycles. The summed E-state index contributed by atoms with van der Waals surface area (Å²) < 4.78 is 11.5. The van der Waals surface area contributed by atoms with E-state index in [9.17, 15) is 5.26 Å². The molecule has 0 aliphatic rings. The van der Waals surface area contributed by atoms with E-state index in [1.54, 1.807) is 31.2 Å². The number of aryl methyl sites for hydroxylation is 1. The molecule has 0 aliphatic carbocycles. The van der Waals surface area contributed by atoms with E-state index >= 15 is 0 Å². The topological polar surface area (TPSA) is 106 Å². The molecule has 184 valence electrons. The zero-order valence-electron chi connectivity index (χ0n) is 20.7. The summed E-state index contributed by atoms with van der Waals surface area (Å²) >= 11 is 6.54. The number of hydrogen-bond donors (Lipinski definition) is 2. The molecule has 0 fully saturated rings. The quantitative estimate of drug-likeness (QED) is 0.253. The third-order valence-electron chi connectivity index (χ3n) is 5.74. The van der Waals surface area contributed by atoms with Gasteiger partial charge in [-0.15, -0.1) is 0 Å². The minimum atomic E-state index is 0.353. The van der Waals surface area contributed by atoms with E-state index in [0.717, 1.165) is 11.3 Å². The molecule has 0 atom stereocenters. The van der Waals surface area contributed by atoms with Crippen molar-refractivity contribution < 1.29 is 9.47 Å². The van der Waals surface area contributed by atoms with Crippen LogP contribution in [0.25, 0.3) is 10.9 Å². The number of nitrogen functional groups attached to an aromatic ring is 1. The lowest BCUT2D eigenvalue weighted by Gasteiger charge is -2.16. The average Bonchev–Trinajstić information content (AvgIpc) is 2.85. The van der Waals surface area contributed by atoms with Crippen molar-refractivity contribution in [2.24, 2.45) is 0 Å². The normalized spacial score (nSPS) is 10.9. The first-order valence-electron chi connectivity index (χ1n) is 11.7. The van der Waals surface area contributed by atoms with E-state index in [2.05, 4.69) is 35.2 Å². The van der Waals surface area contributed by atoms with Crippen LogP contribution in [0.2, 0.25) is 5.02 Å². The molecule has 7 nitrogen and oxygen atoms in total. The van der Waals surface area contributed by atoms with Gasteiger partial charge in [-0.2, -0.15) is 5.26 Å². The third-order valence-corrected chi connectivity index (χ3v) is 6.04. The van der Waals surface area contributed by atoms with Crippen LogP contribution >= 0.6 is 11.6 Å². The molecular formula is C28H28ClN5O2. The van der Waals surface area contributed by atoms with Crippen molar-refractivity contribution in [3.8, 4) is 17.6 Å². The van der Waals surface area contributed by atoms with Crippen LogP contribution in [0.1, 0.15) is 49.2 Å². The lowest BCUT2D eigenvalue weighted by atomic mass is 10.1. The molecule has 4 aromatic rings. The van der Waals surface area contributed by atoms with Crippen LogP contribution in [0.3, 0.4) is 0 Å². The number of hydrogen-bond acceptors (Lipinski definition) is 7. The Labute approximate surface area is 215 Å². The van der Waals surface area contributed by atoms with Crippen molar-refractivity contribution >= 4 is 39.6 Å². The minimum Gasteiger partial charge on any atom is -0.492 e. The van der Waals surface area contributed by atoms with Crippen LogP contribution in [0.5, 0.6) is 11.5 Å². The molecule has 0 radical (unpaired) electrons. The van der Waals surface area contributed by atoms with Crippen molar-refractivity contribution in [1.29, 1.82) is 5.26 Å². The average molecular weight is 502 g/mol. The van der Waals surface area contributed by atoms with Crippen molar-refractivity contribution in [1.82, 2.24) is 9.97 Å². The van der Waals surface area contributed by atoms with Gasteiger partial charge in [0.2, 0.25) is 0 Å². The Hall–Kier alpha value is -4.02. The first-order valence-corrected chi connectivity index (χ1v) is 12.1. The van der Waals surface area contributed by atoms with Gasteiger partial charge in [-0.25, -0.2) is 0 Å². The van der Waals surface area contributed by atoms with Crippen LogP contribution < -0.4 is 20.5 Å². The van der Waals surface area contributed by atoms with Gasteiger partial charge in [0.1, 0.15) is 24.2 Å². The van der Waals surface area contributed by atoms with Crippen LogP contribution in [-0.4, -0.2) is 16.6 Å². The van der Waals surface area contributed by atoms with Gasteiger partial charge < -0.3 is 20.5 Å². The molecule has 0 amide bonds. The number of anilines is 3. The van der Waals surface area contributed by atoms with Gasteiger partial charge in [0, 0.05) is 34.6 Å². The summed E-state index contributed by atoms with van der Waals surface area (Å²) in [6, 6.07) is 15.2. The number of ether oxygens (including phenoxy) is 2. The fraction of sp³-hybridized carbons (Fsp3) is 0.250. The highest BCUT2D eigenvalue weighted by molar-refractivity contribution is 6.32. The summed E-state index contributed by atoms with van der Waals surface area (Å²) in [5, 5.41) is 14.3. The summed E-state index contributed by atoms with van der Waals surface area (Å²) in [5.74, 6) is 1.49. The van der Waals surface area contributed by atoms with E-state index in [0.29, 0.717) is 74.9 Å². The number of halogens is 1. The number of pyridine rings is 2. The summed E-state index contributed by atoms with van der Waals surface area (Å²) in [6.45, 7) is 8.75. The number of rotatable bonds is 8. The Balaban J connectivity index is 1.60. The highest BCUT2D eigenvalue weighted by Gasteiger charge is 2.16. The number of nitriles is 1. The van der Waals surface area contributed by atoms with Crippen LogP contribution in [0, 0.1) is 18.3 Å². The summed E-state index contributed by atoms with van der Waals surface area (Å²) in [5.41, 5.74) is 11.7. The molecule has 0 spiro atoms. The first-order chi connectivity index (χ1) is 17.3. The van der Waals surface area contributed by atoms with E-state index < -0.39 is 0 Å². The molecule has 0 saturated heterocycles. The highest BCUT2D eigenvalue weighted by Crippen LogP contribution is 2.37. The monoisotopic (exact) mass is 501 g/mol. The summed E-state index contributed by atoms with van der Waals surface area (Å²) in [4.78, 5) is 9.06.